The van der Waals surface area contributed by atoms with Crippen LogP contribution in [-0.2, 0) is 13.1 Å². The first-order chi connectivity index (χ1) is 9.86. The molecule has 0 aliphatic carbocycles. The molecule has 21 heavy (non-hydrogen) atoms. The van der Waals surface area contributed by atoms with Crippen molar-refractivity contribution in [3.63, 3.8) is 0 Å². The zero-order chi connectivity index (χ0) is 15.6. The number of fused-ring (bicyclic) bond motifs is 1. The van der Waals surface area contributed by atoms with Crippen LogP contribution in [0.5, 0.6) is 0 Å². The van der Waals surface area contributed by atoms with Gasteiger partial charge in [-0.3, -0.25) is 5.73 Å². The molecule has 2 aromatic rings. The summed E-state index contributed by atoms with van der Waals surface area (Å²) >= 11 is 0. The van der Waals surface area contributed by atoms with Crippen molar-refractivity contribution < 1.29 is 9.67 Å². The quantitative estimate of drug-likeness (QED) is 0.832. The molecule has 0 radical (unpaired) electrons. The Morgan fingerprint density at radius 2 is 1.95 bits per heavy atom. The number of aryl methyl sites for hydroxylation is 1. The number of anilines is 1. The second-order valence-corrected chi connectivity index (χ2v) is 6.84. The molecule has 0 saturated carbocycles. The van der Waals surface area contributed by atoms with E-state index in [0.717, 1.165) is 36.4 Å². The monoisotopic (exact) mass is 290 g/mol. The Labute approximate surface area is 127 Å². The number of rotatable bonds is 5. The van der Waals surface area contributed by atoms with Crippen LogP contribution in [-0.4, -0.2) is 15.8 Å². The van der Waals surface area contributed by atoms with Crippen molar-refractivity contribution in [2.24, 2.45) is 5.41 Å². The molecule has 0 bridgehead atoms. The van der Waals surface area contributed by atoms with Crippen LogP contribution >= 0.6 is 0 Å². The van der Waals surface area contributed by atoms with E-state index in [0.29, 0.717) is 6.54 Å². The zero-order valence-electron chi connectivity index (χ0n) is 13.6. The number of aliphatic hydroxyl groups excluding tert-OH is 1. The molecule has 0 unspecified atom stereocenters. The van der Waals surface area contributed by atoms with Gasteiger partial charge in [0, 0.05) is 0 Å². The maximum absolute atomic E-state index is 10.4. The van der Waals surface area contributed by atoms with E-state index in [1.807, 2.05) is 37.5 Å². The SMILES string of the molecule is CCCCn1c(N)[n+](C[C@@H](O)C(C)(C)C)c2ccccc21. The second kappa shape index (κ2) is 6.06. The normalized spacial score (nSPS) is 13.8. The van der Waals surface area contributed by atoms with Gasteiger partial charge in [0.1, 0.15) is 11.0 Å². The van der Waals surface area contributed by atoms with Gasteiger partial charge in [0.15, 0.2) is 0 Å². The standard InChI is InChI=1S/C17H27N3O/c1-5-6-11-19-13-9-7-8-10-14(13)20(16(19)18)12-15(21)17(2,3)4/h7-10,15,18,21H,5-6,11-12H2,1-4H3/p+1/t15-/m1/s1. The molecule has 2 rings (SSSR count). The smallest absolute Gasteiger partial charge is 0.356 e. The number of aliphatic hydroxyl groups is 1. The molecule has 0 saturated heterocycles. The van der Waals surface area contributed by atoms with Crippen molar-refractivity contribution in [2.75, 3.05) is 5.73 Å². The molecule has 3 N–H and O–H groups in total. The molecule has 4 nitrogen and oxygen atoms in total. The molecule has 0 amide bonds. The Kier molecular flexibility index (Phi) is 4.57. The van der Waals surface area contributed by atoms with Crippen molar-refractivity contribution in [1.82, 2.24) is 4.57 Å². The number of unbranched alkanes of at least 4 members (excludes halogenated alkanes) is 1. The van der Waals surface area contributed by atoms with Crippen LogP contribution < -0.4 is 10.3 Å². The van der Waals surface area contributed by atoms with Gasteiger partial charge in [-0.25, -0.2) is 9.13 Å². The van der Waals surface area contributed by atoms with Crippen LogP contribution in [0, 0.1) is 5.41 Å². The molecule has 0 spiro atoms. The second-order valence-electron chi connectivity index (χ2n) is 6.84. The van der Waals surface area contributed by atoms with Gasteiger partial charge >= 0.3 is 5.95 Å². The molecule has 1 atom stereocenters. The summed E-state index contributed by atoms with van der Waals surface area (Å²) in [7, 11) is 0. The Bertz CT molecular complexity index is 610. The van der Waals surface area contributed by atoms with Crippen molar-refractivity contribution >= 4 is 17.0 Å². The van der Waals surface area contributed by atoms with Crippen LogP contribution in [0.3, 0.4) is 0 Å². The van der Waals surface area contributed by atoms with Crippen LogP contribution in [0.2, 0.25) is 0 Å². The minimum Gasteiger partial charge on any atom is -0.389 e. The van der Waals surface area contributed by atoms with Crippen LogP contribution in [0.1, 0.15) is 40.5 Å². The van der Waals surface area contributed by atoms with Gasteiger partial charge < -0.3 is 5.11 Å². The summed E-state index contributed by atoms with van der Waals surface area (Å²) in [6.07, 6.45) is 1.80. The Morgan fingerprint density at radius 3 is 2.57 bits per heavy atom. The average molecular weight is 290 g/mol. The number of nitrogen functional groups attached to an aromatic ring is 1. The van der Waals surface area contributed by atoms with Gasteiger partial charge in [0.25, 0.3) is 0 Å². The van der Waals surface area contributed by atoms with Crippen LogP contribution in [0.4, 0.5) is 5.95 Å². The van der Waals surface area contributed by atoms with Gasteiger partial charge in [-0.05, 0) is 24.0 Å². The molecule has 0 aliphatic heterocycles. The third-order valence-corrected chi connectivity index (χ3v) is 4.11. The van der Waals surface area contributed by atoms with Gasteiger partial charge in [0.05, 0.1) is 19.2 Å². The number of benzene rings is 1. The fraction of sp³-hybridized carbons (Fsp3) is 0.588. The molecule has 0 fully saturated rings. The molecule has 1 aromatic carbocycles. The summed E-state index contributed by atoms with van der Waals surface area (Å²) in [5, 5.41) is 10.4. The highest BCUT2D eigenvalue weighted by atomic mass is 16.3. The van der Waals surface area contributed by atoms with Gasteiger partial charge in [-0.15, -0.1) is 0 Å². The minimum atomic E-state index is -0.435. The summed E-state index contributed by atoms with van der Waals surface area (Å²) < 4.78 is 4.20. The number of imidazole rings is 1. The van der Waals surface area contributed by atoms with E-state index < -0.39 is 6.10 Å². The fourth-order valence-electron chi connectivity index (χ4n) is 2.50. The fourth-order valence-corrected chi connectivity index (χ4v) is 2.50. The van der Waals surface area contributed by atoms with Crippen LogP contribution in [0.25, 0.3) is 11.0 Å². The molecule has 4 heteroatoms. The van der Waals surface area contributed by atoms with Crippen molar-refractivity contribution in [3.05, 3.63) is 24.3 Å². The van der Waals surface area contributed by atoms with E-state index in [4.69, 9.17) is 5.73 Å². The number of nitrogens with zero attached hydrogens (tertiary/aromatic N) is 2. The molecule has 1 aromatic heterocycles. The topological polar surface area (TPSA) is 55.1 Å². The highest BCUT2D eigenvalue weighted by Crippen LogP contribution is 2.22. The summed E-state index contributed by atoms with van der Waals surface area (Å²) in [4.78, 5) is 0. The molecular weight excluding hydrogens is 262 g/mol. The summed E-state index contributed by atoms with van der Waals surface area (Å²) in [5.41, 5.74) is 8.44. The highest BCUT2D eigenvalue weighted by molar-refractivity contribution is 5.73. The van der Waals surface area contributed by atoms with Crippen molar-refractivity contribution in [2.45, 2.75) is 59.7 Å². The maximum Gasteiger partial charge on any atom is 0.356 e. The van der Waals surface area contributed by atoms with E-state index in [9.17, 15) is 5.11 Å². The maximum atomic E-state index is 10.4. The summed E-state index contributed by atoms with van der Waals surface area (Å²) in [5.74, 6) is 0.730. The lowest BCUT2D eigenvalue weighted by Gasteiger charge is -2.24. The molecule has 116 valence electrons. The lowest BCUT2D eigenvalue weighted by molar-refractivity contribution is -0.667. The predicted molar refractivity (Wildman–Crippen MR) is 86.9 cm³/mol. The number of aromatic nitrogens is 2. The van der Waals surface area contributed by atoms with E-state index in [-0.39, 0.29) is 5.41 Å². The number of para-hydroxylation sites is 2. The van der Waals surface area contributed by atoms with Crippen molar-refractivity contribution in [1.29, 1.82) is 0 Å². The van der Waals surface area contributed by atoms with E-state index in [2.05, 4.69) is 23.6 Å². The summed E-state index contributed by atoms with van der Waals surface area (Å²) in [6, 6.07) is 8.23. The average Bonchev–Trinajstić information content (AvgIpc) is 2.69. The Balaban J connectivity index is 2.46. The van der Waals surface area contributed by atoms with E-state index in [1.165, 1.54) is 0 Å². The van der Waals surface area contributed by atoms with Crippen molar-refractivity contribution in [3.8, 4) is 0 Å². The zero-order valence-corrected chi connectivity index (χ0v) is 13.6. The van der Waals surface area contributed by atoms with Gasteiger partial charge in [-0.1, -0.05) is 46.2 Å². The lowest BCUT2D eigenvalue weighted by atomic mass is 9.89. The Morgan fingerprint density at radius 1 is 1.29 bits per heavy atom. The Hall–Kier alpha value is -1.55. The third kappa shape index (κ3) is 3.21. The first-order valence-corrected chi connectivity index (χ1v) is 7.81. The highest BCUT2D eigenvalue weighted by Gasteiger charge is 2.28. The minimum absolute atomic E-state index is 0.161. The van der Waals surface area contributed by atoms with E-state index in [1.54, 1.807) is 0 Å². The lowest BCUT2D eigenvalue weighted by Crippen LogP contribution is -2.46. The predicted octanol–water partition coefficient (Wildman–Crippen LogP) is 2.72. The van der Waals surface area contributed by atoms with E-state index >= 15 is 0 Å². The van der Waals surface area contributed by atoms with Gasteiger partial charge in [0.2, 0.25) is 0 Å². The number of hydrogen-bond acceptors (Lipinski definition) is 2. The number of nitrogens with two attached hydrogens (primary N) is 1. The summed E-state index contributed by atoms with van der Waals surface area (Å²) in [6.45, 7) is 9.76. The van der Waals surface area contributed by atoms with Gasteiger partial charge in [-0.2, -0.15) is 0 Å². The largest absolute Gasteiger partial charge is 0.389 e. The molecule has 0 aliphatic rings. The first-order valence-electron chi connectivity index (χ1n) is 7.81. The first kappa shape index (κ1) is 15.8. The molecular formula is C17H28N3O+. The third-order valence-electron chi connectivity index (χ3n) is 4.11. The molecule has 1 heterocycles. The van der Waals surface area contributed by atoms with Crippen LogP contribution in [0.15, 0.2) is 24.3 Å². The number of hydrogen-bond donors (Lipinski definition) is 2.